The van der Waals surface area contributed by atoms with Gasteiger partial charge in [0.2, 0.25) is 11.7 Å². The molecule has 0 bridgehead atoms. The van der Waals surface area contributed by atoms with Gasteiger partial charge in [-0.3, -0.25) is 4.79 Å². The number of carbonyl (C=O) groups is 2. The second-order valence-corrected chi connectivity index (χ2v) is 7.48. The number of carbonyl (C=O) groups excluding carboxylic acids is 2. The lowest BCUT2D eigenvalue weighted by atomic mass is 10.1. The Hall–Kier alpha value is -3.75. The molecule has 2 heterocycles. The minimum Gasteiger partial charge on any atom is -0.482 e. The number of amides is 1. The fourth-order valence-corrected chi connectivity index (χ4v) is 3.32. The molecule has 0 saturated carbocycles. The second-order valence-electron chi connectivity index (χ2n) is 7.48. The van der Waals surface area contributed by atoms with E-state index in [4.69, 9.17) is 14.0 Å². The van der Waals surface area contributed by atoms with Gasteiger partial charge in [0.25, 0.3) is 5.89 Å². The van der Waals surface area contributed by atoms with Gasteiger partial charge in [-0.1, -0.05) is 17.3 Å². The summed E-state index contributed by atoms with van der Waals surface area (Å²) >= 11 is 0. The molecule has 1 saturated heterocycles. The molecule has 9 heteroatoms. The summed E-state index contributed by atoms with van der Waals surface area (Å²) in [5, 5.41) is 3.82. The lowest BCUT2D eigenvalue weighted by Gasteiger charge is -2.16. The van der Waals surface area contributed by atoms with Gasteiger partial charge >= 0.3 is 5.97 Å². The summed E-state index contributed by atoms with van der Waals surface area (Å²) < 4.78 is 29.7. The van der Waals surface area contributed by atoms with Crippen LogP contribution in [-0.2, 0) is 14.3 Å². The second kappa shape index (κ2) is 9.17. The summed E-state index contributed by atoms with van der Waals surface area (Å²) in [6, 6.07) is 11.6. The summed E-state index contributed by atoms with van der Waals surface area (Å²) in [5.74, 6) is -0.106. The van der Waals surface area contributed by atoms with Gasteiger partial charge in [-0.05, 0) is 56.2 Å². The molecule has 1 atom stereocenters. The molecule has 1 fully saturated rings. The summed E-state index contributed by atoms with van der Waals surface area (Å²) in [6.45, 7) is 3.65. The normalized spacial score (nSPS) is 14.5. The molecule has 3 aromatic rings. The van der Waals surface area contributed by atoms with Gasteiger partial charge in [0.15, 0.2) is 12.7 Å². The average molecular weight is 439 g/mol. The molecule has 1 aliphatic heterocycles. The number of halogens is 1. The van der Waals surface area contributed by atoms with Gasteiger partial charge < -0.3 is 18.9 Å². The number of aryl methyl sites for hydroxylation is 1. The van der Waals surface area contributed by atoms with Crippen molar-refractivity contribution in [2.45, 2.75) is 32.8 Å². The van der Waals surface area contributed by atoms with Crippen molar-refractivity contribution in [1.29, 1.82) is 0 Å². The quantitative estimate of drug-likeness (QED) is 0.514. The number of ether oxygens (including phenoxy) is 2. The first-order valence-corrected chi connectivity index (χ1v) is 10.2. The predicted molar refractivity (Wildman–Crippen MR) is 112 cm³/mol. The Labute approximate surface area is 183 Å². The summed E-state index contributed by atoms with van der Waals surface area (Å²) in [5.41, 5.74) is 1.78. The number of esters is 1. The van der Waals surface area contributed by atoms with E-state index in [0.717, 1.165) is 12.1 Å². The molecule has 0 spiro atoms. The van der Waals surface area contributed by atoms with E-state index >= 15 is 0 Å². The third kappa shape index (κ3) is 4.77. The largest absolute Gasteiger partial charge is 0.482 e. The van der Waals surface area contributed by atoms with Crippen molar-refractivity contribution in [1.82, 2.24) is 10.1 Å². The SMILES string of the molecule is Cc1ccc(-c2noc(C(C)OC(=O)COc3ccc(N4CCCC4=O)cc3)n2)cc1F. The number of hydrogen-bond donors (Lipinski definition) is 0. The number of anilines is 1. The topological polar surface area (TPSA) is 94.8 Å². The summed E-state index contributed by atoms with van der Waals surface area (Å²) in [6.07, 6.45) is 0.613. The maximum absolute atomic E-state index is 13.8. The first-order chi connectivity index (χ1) is 15.4. The maximum Gasteiger partial charge on any atom is 0.344 e. The van der Waals surface area contributed by atoms with E-state index in [9.17, 15) is 14.0 Å². The number of nitrogens with zero attached hydrogens (tertiary/aromatic N) is 3. The van der Waals surface area contributed by atoms with E-state index in [1.54, 1.807) is 55.1 Å². The standard InChI is InChI=1S/C23H22FN3O5/c1-14-5-6-16(12-19(14)24)22-25-23(32-26-22)15(2)31-21(29)13-30-18-9-7-17(8-10-18)27-11-3-4-20(27)28/h5-10,12,15H,3-4,11,13H2,1-2H3. The molecule has 166 valence electrons. The smallest absolute Gasteiger partial charge is 0.344 e. The molecular formula is C23H22FN3O5. The summed E-state index contributed by atoms with van der Waals surface area (Å²) in [7, 11) is 0. The van der Waals surface area contributed by atoms with Crippen LogP contribution in [0, 0.1) is 12.7 Å². The van der Waals surface area contributed by atoms with Crippen LogP contribution in [0.3, 0.4) is 0 Å². The monoisotopic (exact) mass is 439 g/mol. The van der Waals surface area contributed by atoms with Gasteiger partial charge in [0.05, 0.1) is 0 Å². The van der Waals surface area contributed by atoms with Crippen molar-refractivity contribution in [2.24, 2.45) is 0 Å². The lowest BCUT2D eigenvalue weighted by Crippen LogP contribution is -2.23. The third-order valence-electron chi connectivity index (χ3n) is 5.11. The Morgan fingerprint density at radius 3 is 2.72 bits per heavy atom. The van der Waals surface area contributed by atoms with E-state index in [0.29, 0.717) is 29.8 Å². The zero-order valence-electron chi connectivity index (χ0n) is 17.7. The third-order valence-corrected chi connectivity index (χ3v) is 5.11. The van der Waals surface area contributed by atoms with Crippen molar-refractivity contribution in [3.05, 3.63) is 59.7 Å². The van der Waals surface area contributed by atoms with Crippen LogP contribution in [-0.4, -0.2) is 35.2 Å². The molecule has 2 aromatic carbocycles. The van der Waals surface area contributed by atoms with E-state index in [-0.39, 0.29) is 30.0 Å². The van der Waals surface area contributed by atoms with Gasteiger partial charge in [0, 0.05) is 24.2 Å². The molecule has 1 aliphatic rings. The first kappa shape index (κ1) is 21.5. The van der Waals surface area contributed by atoms with E-state index in [1.807, 2.05) is 0 Å². The van der Waals surface area contributed by atoms with Gasteiger partial charge in [-0.2, -0.15) is 4.98 Å². The highest BCUT2D eigenvalue weighted by Gasteiger charge is 2.22. The van der Waals surface area contributed by atoms with Crippen LogP contribution in [0.5, 0.6) is 5.75 Å². The minimum atomic E-state index is -0.800. The van der Waals surface area contributed by atoms with Crippen molar-refractivity contribution in [3.63, 3.8) is 0 Å². The number of hydrogen-bond acceptors (Lipinski definition) is 7. The zero-order valence-corrected chi connectivity index (χ0v) is 17.7. The Bertz CT molecular complexity index is 1130. The van der Waals surface area contributed by atoms with Crippen LogP contribution < -0.4 is 9.64 Å². The Morgan fingerprint density at radius 1 is 1.25 bits per heavy atom. The van der Waals surface area contributed by atoms with E-state index < -0.39 is 12.1 Å². The first-order valence-electron chi connectivity index (χ1n) is 10.2. The molecule has 1 aromatic heterocycles. The Balaban J connectivity index is 1.30. The lowest BCUT2D eigenvalue weighted by molar-refractivity contribution is -0.152. The van der Waals surface area contributed by atoms with Crippen LogP contribution in [0.4, 0.5) is 10.1 Å². The van der Waals surface area contributed by atoms with Crippen LogP contribution >= 0.6 is 0 Å². The van der Waals surface area contributed by atoms with Crippen LogP contribution in [0.25, 0.3) is 11.4 Å². The fourth-order valence-electron chi connectivity index (χ4n) is 3.32. The van der Waals surface area contributed by atoms with Gasteiger partial charge in [0.1, 0.15) is 11.6 Å². The molecule has 0 aliphatic carbocycles. The molecule has 32 heavy (non-hydrogen) atoms. The van der Waals surface area contributed by atoms with Crippen molar-refractivity contribution >= 4 is 17.6 Å². The van der Waals surface area contributed by atoms with Crippen molar-refractivity contribution in [3.8, 4) is 17.1 Å². The summed E-state index contributed by atoms with van der Waals surface area (Å²) in [4.78, 5) is 29.8. The van der Waals surface area contributed by atoms with E-state index in [2.05, 4.69) is 10.1 Å². The molecule has 4 rings (SSSR count). The Morgan fingerprint density at radius 2 is 2.03 bits per heavy atom. The van der Waals surface area contributed by atoms with Crippen LogP contribution in [0.1, 0.15) is 37.3 Å². The Kier molecular flexibility index (Phi) is 6.16. The highest BCUT2D eigenvalue weighted by Crippen LogP contribution is 2.25. The molecule has 0 radical (unpaired) electrons. The molecule has 8 nitrogen and oxygen atoms in total. The van der Waals surface area contributed by atoms with Gasteiger partial charge in [-0.25, -0.2) is 9.18 Å². The van der Waals surface area contributed by atoms with Gasteiger partial charge in [-0.15, -0.1) is 0 Å². The number of benzene rings is 2. The van der Waals surface area contributed by atoms with Crippen LogP contribution in [0.2, 0.25) is 0 Å². The maximum atomic E-state index is 13.8. The molecular weight excluding hydrogens is 417 g/mol. The fraction of sp³-hybridized carbons (Fsp3) is 0.304. The van der Waals surface area contributed by atoms with Crippen LogP contribution in [0.15, 0.2) is 47.0 Å². The number of rotatable bonds is 7. The highest BCUT2D eigenvalue weighted by atomic mass is 19.1. The molecule has 1 unspecified atom stereocenters. The van der Waals surface area contributed by atoms with Crippen molar-refractivity contribution in [2.75, 3.05) is 18.1 Å². The average Bonchev–Trinajstić information content (AvgIpc) is 3.44. The minimum absolute atomic E-state index is 0.0916. The van der Waals surface area contributed by atoms with E-state index in [1.165, 1.54) is 6.07 Å². The van der Waals surface area contributed by atoms with Crippen molar-refractivity contribution < 1.29 is 28.0 Å². The zero-order chi connectivity index (χ0) is 22.7. The number of aromatic nitrogens is 2. The predicted octanol–water partition coefficient (Wildman–Crippen LogP) is 3.99. The molecule has 1 amide bonds. The highest BCUT2D eigenvalue weighted by molar-refractivity contribution is 5.95. The molecule has 0 N–H and O–H groups in total.